The molecule has 1 aromatic carbocycles. The Labute approximate surface area is 158 Å². The van der Waals surface area contributed by atoms with Crippen LogP contribution in [0.4, 0.5) is 58.4 Å². The first-order valence-corrected chi connectivity index (χ1v) is 7.33. The number of benzene rings is 1. The smallest absolute Gasteiger partial charge is 0.401 e. The van der Waals surface area contributed by atoms with Gasteiger partial charge in [0.1, 0.15) is 5.75 Å². The Morgan fingerprint density at radius 1 is 0.867 bits per heavy atom. The maximum atomic E-state index is 13.9. The highest BCUT2D eigenvalue weighted by Crippen LogP contribution is 2.66. The molecule has 2 rings (SSSR count). The van der Waals surface area contributed by atoms with E-state index in [0.29, 0.717) is 0 Å². The van der Waals surface area contributed by atoms with Gasteiger partial charge >= 0.3 is 41.8 Å². The topological polar surface area (TPSA) is 41.6 Å². The summed E-state index contributed by atoms with van der Waals surface area (Å²) < 4.78 is 166. The Kier molecular flexibility index (Phi) is 5.22. The molecule has 1 heterocycles. The van der Waals surface area contributed by atoms with E-state index in [2.05, 4.69) is 4.74 Å². The van der Waals surface area contributed by atoms with Crippen LogP contribution in [0.15, 0.2) is 24.3 Å². The minimum atomic E-state index is -7.19. The molecule has 170 valence electrons. The Balaban J connectivity index is 2.47. The molecule has 1 aliphatic heterocycles. The van der Waals surface area contributed by atoms with Crippen LogP contribution < -0.4 is 10.1 Å². The van der Waals surface area contributed by atoms with E-state index in [1.165, 1.54) is 0 Å². The van der Waals surface area contributed by atoms with Crippen LogP contribution in [-0.2, 0) is 4.79 Å². The van der Waals surface area contributed by atoms with Crippen LogP contribution in [0.5, 0.6) is 5.75 Å². The number of nitrogens with one attached hydrogen (secondary N) is 1. The number of carbonyl (C=O) groups excluding carboxylic acids is 1. The molecule has 4 nitrogen and oxygen atoms in total. The molecule has 16 heteroatoms. The molecule has 0 saturated carbocycles. The summed E-state index contributed by atoms with van der Waals surface area (Å²) >= 11 is 0. The van der Waals surface area contributed by atoms with Gasteiger partial charge in [0.15, 0.2) is 0 Å². The Bertz CT molecular complexity index is 799. The number of halogens is 12. The first kappa shape index (κ1) is 23.9. The number of amides is 1. The second-order valence-corrected chi connectivity index (χ2v) is 5.86. The average Bonchev–Trinajstić information content (AvgIpc) is 2.67. The van der Waals surface area contributed by atoms with Crippen LogP contribution in [-0.4, -0.2) is 53.8 Å². The molecular weight excluding hydrogens is 456 g/mol. The van der Waals surface area contributed by atoms with Gasteiger partial charge < -0.3 is 10.1 Å². The van der Waals surface area contributed by atoms with Gasteiger partial charge in [0.2, 0.25) is 0 Å². The fourth-order valence-electron chi connectivity index (χ4n) is 2.35. The van der Waals surface area contributed by atoms with Gasteiger partial charge in [-0.15, -0.1) is 4.90 Å². The molecule has 1 N–H and O–H groups in total. The van der Waals surface area contributed by atoms with E-state index < -0.39 is 52.4 Å². The molecular formula is C14H8F12N2O2. The largest absolute Gasteiger partial charge is 0.497 e. The fraction of sp³-hybridized carbons (Fsp3) is 0.500. The molecule has 1 aromatic rings. The molecule has 0 aliphatic carbocycles. The fourth-order valence-corrected chi connectivity index (χ4v) is 2.35. The SMILES string of the molecule is COc1ccc(NC(=O)C(F)(F)C(F)(F)N2C(F)(F)C(F)(F)C(F)(F)C2(F)F)cc1. The van der Waals surface area contributed by atoms with E-state index in [1.54, 1.807) is 0 Å². The van der Waals surface area contributed by atoms with Crippen LogP contribution in [0.25, 0.3) is 0 Å². The molecule has 0 bridgehead atoms. The zero-order valence-corrected chi connectivity index (χ0v) is 14.1. The second-order valence-electron chi connectivity index (χ2n) is 5.86. The minimum Gasteiger partial charge on any atom is -0.497 e. The lowest BCUT2D eigenvalue weighted by Gasteiger charge is -2.37. The third-order valence-corrected chi connectivity index (χ3v) is 4.00. The normalized spacial score (nSPS) is 22.6. The lowest BCUT2D eigenvalue weighted by Crippen LogP contribution is -2.67. The van der Waals surface area contributed by atoms with Gasteiger partial charge in [-0.1, -0.05) is 0 Å². The highest BCUT2D eigenvalue weighted by atomic mass is 19.4. The quantitative estimate of drug-likeness (QED) is 0.511. The molecule has 0 unspecified atom stereocenters. The molecule has 1 saturated heterocycles. The molecule has 30 heavy (non-hydrogen) atoms. The van der Waals surface area contributed by atoms with Crippen molar-refractivity contribution in [2.45, 2.75) is 35.9 Å². The van der Waals surface area contributed by atoms with E-state index >= 15 is 0 Å². The predicted octanol–water partition coefficient (Wildman–Crippen LogP) is 4.63. The van der Waals surface area contributed by atoms with Crippen molar-refractivity contribution >= 4 is 11.6 Å². The highest BCUT2D eigenvalue weighted by Gasteiger charge is 2.98. The summed E-state index contributed by atoms with van der Waals surface area (Å²) in [4.78, 5) is 7.83. The lowest BCUT2D eigenvalue weighted by molar-refractivity contribution is -0.399. The number of likely N-dealkylation sites (tertiary alicyclic amines) is 1. The molecule has 0 atom stereocenters. The number of carbonyl (C=O) groups is 1. The number of ether oxygens (including phenoxy) is 1. The van der Waals surface area contributed by atoms with Crippen molar-refractivity contribution in [1.82, 2.24) is 4.90 Å². The summed E-state index contributed by atoms with van der Waals surface area (Å²) in [5.41, 5.74) is -0.702. The molecule has 0 spiro atoms. The first-order valence-electron chi connectivity index (χ1n) is 7.33. The summed E-state index contributed by atoms with van der Waals surface area (Å²) in [6.07, 6.45) is 0. The Morgan fingerprint density at radius 2 is 1.27 bits per heavy atom. The summed E-state index contributed by atoms with van der Waals surface area (Å²) in [5.74, 6) is -24.1. The van der Waals surface area contributed by atoms with Crippen molar-refractivity contribution in [1.29, 1.82) is 0 Å². The van der Waals surface area contributed by atoms with Gasteiger partial charge in [-0.3, -0.25) is 4.79 Å². The van der Waals surface area contributed by atoms with E-state index in [0.717, 1.165) is 36.7 Å². The third kappa shape index (κ3) is 2.86. The van der Waals surface area contributed by atoms with Gasteiger partial charge in [0.05, 0.1) is 7.11 Å². The minimum absolute atomic E-state index is 0.0749. The number of alkyl halides is 12. The number of nitrogens with zero attached hydrogens (tertiary/aromatic N) is 1. The van der Waals surface area contributed by atoms with E-state index in [1.807, 2.05) is 0 Å². The molecule has 1 amide bonds. The zero-order valence-electron chi connectivity index (χ0n) is 14.1. The zero-order chi connectivity index (χ0) is 23.6. The number of rotatable bonds is 5. The van der Waals surface area contributed by atoms with E-state index in [-0.39, 0.29) is 5.75 Å². The second kappa shape index (κ2) is 6.55. The predicted molar refractivity (Wildman–Crippen MR) is 73.1 cm³/mol. The molecule has 1 aliphatic rings. The monoisotopic (exact) mass is 464 g/mol. The van der Waals surface area contributed by atoms with E-state index in [4.69, 9.17) is 0 Å². The van der Waals surface area contributed by atoms with Crippen LogP contribution in [0, 0.1) is 0 Å². The Hall–Kier alpha value is -2.39. The van der Waals surface area contributed by atoms with Gasteiger partial charge in [-0.05, 0) is 24.3 Å². The summed E-state index contributed by atoms with van der Waals surface area (Å²) in [6, 6.07) is -18.0. The first-order chi connectivity index (χ1) is 13.3. The molecule has 0 aromatic heterocycles. The average molecular weight is 464 g/mol. The van der Waals surface area contributed by atoms with Crippen molar-refractivity contribution in [3.8, 4) is 5.75 Å². The number of hydrogen-bond donors (Lipinski definition) is 1. The third-order valence-electron chi connectivity index (χ3n) is 4.00. The summed E-state index contributed by atoms with van der Waals surface area (Å²) in [6.45, 7) is 0. The van der Waals surface area contributed by atoms with Gasteiger partial charge in [-0.2, -0.15) is 52.7 Å². The van der Waals surface area contributed by atoms with Crippen LogP contribution in [0.1, 0.15) is 0 Å². The summed E-state index contributed by atoms with van der Waals surface area (Å²) in [7, 11) is 1.16. The van der Waals surface area contributed by atoms with Crippen LogP contribution in [0.3, 0.4) is 0 Å². The lowest BCUT2D eigenvalue weighted by atomic mass is 10.2. The molecule has 0 radical (unpaired) electrons. The van der Waals surface area contributed by atoms with Crippen molar-refractivity contribution in [2.75, 3.05) is 12.4 Å². The van der Waals surface area contributed by atoms with Crippen LogP contribution in [0.2, 0.25) is 0 Å². The Morgan fingerprint density at radius 3 is 1.63 bits per heavy atom. The number of hydrogen-bond acceptors (Lipinski definition) is 3. The van der Waals surface area contributed by atoms with Crippen LogP contribution >= 0.6 is 0 Å². The van der Waals surface area contributed by atoms with Gasteiger partial charge in [0.25, 0.3) is 0 Å². The van der Waals surface area contributed by atoms with Gasteiger partial charge in [0, 0.05) is 5.69 Å². The summed E-state index contributed by atoms with van der Waals surface area (Å²) in [5, 5.41) is 1.04. The maximum Gasteiger partial charge on any atom is 0.401 e. The van der Waals surface area contributed by atoms with Crippen molar-refractivity contribution < 1.29 is 62.2 Å². The molecule has 1 fully saturated rings. The van der Waals surface area contributed by atoms with E-state index in [9.17, 15) is 57.5 Å². The number of anilines is 1. The highest BCUT2D eigenvalue weighted by molar-refractivity contribution is 5.96. The van der Waals surface area contributed by atoms with Crippen molar-refractivity contribution in [2.24, 2.45) is 0 Å². The van der Waals surface area contributed by atoms with Crippen molar-refractivity contribution in [3.63, 3.8) is 0 Å². The maximum absolute atomic E-state index is 13.9. The number of methoxy groups -OCH3 is 1. The standard InChI is InChI=1S/C14H8F12N2O2/c1-30-7-4-2-6(3-5-7)27-8(29)9(15,16)12(21,22)28-13(23,24)10(17,18)11(19,20)14(28,25)26/h2-5H,1H3,(H,27,29). The van der Waals surface area contributed by atoms with Crippen molar-refractivity contribution in [3.05, 3.63) is 24.3 Å². The van der Waals surface area contributed by atoms with Gasteiger partial charge in [-0.25, -0.2) is 0 Å².